The zero-order chi connectivity index (χ0) is 18.9. The van der Waals surface area contributed by atoms with Crippen LogP contribution in [0, 0.1) is 5.92 Å². The summed E-state index contributed by atoms with van der Waals surface area (Å²) >= 11 is 0. The lowest BCUT2D eigenvalue weighted by atomic mass is 9.98. The molecule has 136 valence electrons. The van der Waals surface area contributed by atoms with E-state index in [1.165, 1.54) is 4.90 Å². The fraction of sp³-hybridized carbons (Fsp3) is 0.438. The number of nitrogens with zero attached hydrogens (tertiary/aromatic N) is 2. The molecule has 0 radical (unpaired) electrons. The number of benzene rings is 1. The molecule has 0 spiro atoms. The van der Waals surface area contributed by atoms with E-state index >= 15 is 0 Å². The van der Waals surface area contributed by atoms with Gasteiger partial charge in [-0.25, -0.2) is 0 Å². The Bertz CT molecular complexity index is 725. The van der Waals surface area contributed by atoms with Crippen molar-refractivity contribution < 1.29 is 22.8 Å². The fourth-order valence-electron chi connectivity index (χ4n) is 2.85. The summed E-state index contributed by atoms with van der Waals surface area (Å²) < 4.78 is 39.0. The number of amides is 2. The zero-order valence-electron chi connectivity index (χ0n) is 13.8. The van der Waals surface area contributed by atoms with Gasteiger partial charge in [0.2, 0.25) is 0 Å². The van der Waals surface area contributed by atoms with E-state index in [0.717, 1.165) is 18.2 Å². The molecule has 9 heteroatoms. The third-order valence-electron chi connectivity index (χ3n) is 3.79. The van der Waals surface area contributed by atoms with E-state index < -0.39 is 35.6 Å². The second-order valence-corrected chi connectivity index (χ2v) is 6.30. The number of carbonyl (C=O) groups excluding carboxylic acids is 2. The molecule has 1 aromatic rings. The van der Waals surface area contributed by atoms with Gasteiger partial charge >= 0.3 is 6.18 Å². The van der Waals surface area contributed by atoms with Crippen LogP contribution in [0.2, 0.25) is 0 Å². The molecule has 0 saturated heterocycles. The average molecular weight is 356 g/mol. The largest absolute Gasteiger partial charge is 0.416 e. The molecule has 4 N–H and O–H groups in total. The number of rotatable bonds is 4. The molecule has 25 heavy (non-hydrogen) atoms. The number of carbonyl (C=O) groups is 2. The van der Waals surface area contributed by atoms with Crippen LogP contribution in [-0.2, 0) is 11.0 Å². The van der Waals surface area contributed by atoms with Crippen LogP contribution in [0.4, 0.5) is 13.2 Å². The predicted octanol–water partition coefficient (Wildman–Crippen LogP) is 2.05. The minimum Gasteiger partial charge on any atom is -0.370 e. The van der Waals surface area contributed by atoms with Crippen LogP contribution >= 0.6 is 0 Å². The quantitative estimate of drug-likeness (QED) is 0.637. The highest BCUT2D eigenvalue weighted by molar-refractivity contribution is 6.00. The van der Waals surface area contributed by atoms with Crippen molar-refractivity contribution in [2.24, 2.45) is 22.4 Å². The Labute approximate surface area is 142 Å². The Morgan fingerprint density at radius 3 is 2.48 bits per heavy atom. The van der Waals surface area contributed by atoms with Gasteiger partial charge in [0.05, 0.1) is 18.0 Å². The Balaban J connectivity index is 2.47. The maximum Gasteiger partial charge on any atom is 0.416 e. The molecule has 0 aromatic heterocycles. The fourth-order valence-corrected chi connectivity index (χ4v) is 2.85. The average Bonchev–Trinajstić information content (AvgIpc) is 2.70. The van der Waals surface area contributed by atoms with Crippen LogP contribution in [0.1, 0.15) is 47.8 Å². The summed E-state index contributed by atoms with van der Waals surface area (Å²) in [6.45, 7) is 4.03. The van der Waals surface area contributed by atoms with Crippen LogP contribution in [-0.4, -0.2) is 29.2 Å². The van der Waals surface area contributed by atoms with Crippen LogP contribution in [0.5, 0.6) is 0 Å². The van der Waals surface area contributed by atoms with Gasteiger partial charge in [-0.15, -0.1) is 0 Å². The minimum atomic E-state index is -4.54. The molecule has 1 atom stereocenters. The van der Waals surface area contributed by atoms with Crippen molar-refractivity contribution in [2.45, 2.75) is 32.5 Å². The van der Waals surface area contributed by atoms with Gasteiger partial charge in [-0.2, -0.15) is 18.2 Å². The van der Waals surface area contributed by atoms with Crippen molar-refractivity contribution in [1.82, 2.24) is 4.90 Å². The maximum absolute atomic E-state index is 13.0. The van der Waals surface area contributed by atoms with E-state index in [1.54, 1.807) is 0 Å². The van der Waals surface area contributed by atoms with Crippen molar-refractivity contribution >= 4 is 17.8 Å². The van der Waals surface area contributed by atoms with Gasteiger partial charge in [-0.05, 0) is 29.7 Å². The third-order valence-corrected chi connectivity index (χ3v) is 3.79. The third kappa shape index (κ3) is 4.09. The normalized spacial score (nSPS) is 17.0. The number of nitrogens with two attached hydrogens (primary N) is 2. The first-order chi connectivity index (χ1) is 11.5. The van der Waals surface area contributed by atoms with Crippen LogP contribution in [0.3, 0.4) is 0 Å². The Morgan fingerprint density at radius 1 is 1.32 bits per heavy atom. The second kappa shape index (κ2) is 6.73. The Morgan fingerprint density at radius 2 is 1.96 bits per heavy atom. The molecule has 1 aromatic carbocycles. The first kappa shape index (κ1) is 18.8. The topological polar surface area (TPSA) is 102 Å². The Kier molecular flexibility index (Phi) is 5.05. The van der Waals surface area contributed by atoms with E-state index in [0.29, 0.717) is 6.54 Å². The highest BCUT2D eigenvalue weighted by Crippen LogP contribution is 2.40. The Hall–Kier alpha value is -2.58. The molecular weight excluding hydrogens is 337 g/mol. The van der Waals surface area contributed by atoms with Crippen molar-refractivity contribution in [3.05, 3.63) is 34.9 Å². The highest BCUT2D eigenvalue weighted by Gasteiger charge is 2.40. The maximum atomic E-state index is 13.0. The molecule has 0 saturated carbocycles. The van der Waals surface area contributed by atoms with Gasteiger partial charge in [0.15, 0.2) is 5.96 Å². The summed E-state index contributed by atoms with van der Waals surface area (Å²) in [6, 6.07) is 2.10. The minimum absolute atomic E-state index is 0.0704. The zero-order valence-corrected chi connectivity index (χ0v) is 13.8. The summed E-state index contributed by atoms with van der Waals surface area (Å²) in [4.78, 5) is 29.3. The molecule has 0 fully saturated rings. The molecule has 0 aliphatic carbocycles. The second-order valence-electron chi connectivity index (χ2n) is 6.30. The standard InChI is InChI=1S/C16H19F3N4O2/c1-8(2)7-23-12(6-13(24)22-15(20)21)11-5-9(16(17,18)19)3-4-10(11)14(23)25/h3-5,8,12H,6-7H2,1-2H3,(H4,20,21,22,24). The van der Waals surface area contributed by atoms with Crippen LogP contribution in [0.15, 0.2) is 23.2 Å². The molecule has 6 nitrogen and oxygen atoms in total. The molecule has 1 heterocycles. The van der Waals surface area contributed by atoms with Crippen LogP contribution < -0.4 is 11.5 Å². The lowest BCUT2D eigenvalue weighted by molar-refractivity contribution is -0.137. The highest BCUT2D eigenvalue weighted by atomic mass is 19.4. The van der Waals surface area contributed by atoms with Gasteiger partial charge in [-0.1, -0.05) is 13.8 Å². The van der Waals surface area contributed by atoms with E-state index in [9.17, 15) is 22.8 Å². The number of aliphatic imine (C=N–C) groups is 1. The molecule has 2 amide bonds. The van der Waals surface area contributed by atoms with E-state index in [4.69, 9.17) is 11.5 Å². The first-order valence-corrected chi connectivity index (χ1v) is 7.65. The van der Waals surface area contributed by atoms with Crippen molar-refractivity contribution in [3.8, 4) is 0 Å². The molecule has 1 unspecified atom stereocenters. The molecular formula is C16H19F3N4O2. The molecule has 0 bridgehead atoms. The van der Waals surface area contributed by atoms with Gasteiger partial charge in [-0.3, -0.25) is 9.59 Å². The van der Waals surface area contributed by atoms with Gasteiger partial charge in [0, 0.05) is 12.1 Å². The molecule has 2 rings (SSSR count). The lowest BCUT2D eigenvalue weighted by Crippen LogP contribution is -2.33. The number of hydrogen-bond donors (Lipinski definition) is 2. The van der Waals surface area contributed by atoms with Gasteiger partial charge < -0.3 is 16.4 Å². The van der Waals surface area contributed by atoms with E-state index in [1.807, 2.05) is 13.8 Å². The number of alkyl halides is 3. The summed E-state index contributed by atoms with van der Waals surface area (Å²) in [6.07, 6.45) is -4.83. The van der Waals surface area contributed by atoms with Gasteiger partial charge in [0.25, 0.3) is 11.8 Å². The van der Waals surface area contributed by atoms with Crippen molar-refractivity contribution in [1.29, 1.82) is 0 Å². The molecule has 1 aliphatic heterocycles. The SMILES string of the molecule is CC(C)CN1C(=O)c2ccc(C(F)(F)F)cc2C1CC(=O)N=C(N)N. The first-order valence-electron chi connectivity index (χ1n) is 7.65. The number of halogens is 3. The predicted molar refractivity (Wildman–Crippen MR) is 85.5 cm³/mol. The van der Waals surface area contributed by atoms with Gasteiger partial charge in [0.1, 0.15) is 0 Å². The number of guanidine groups is 1. The summed E-state index contributed by atoms with van der Waals surface area (Å²) in [7, 11) is 0. The molecule has 1 aliphatic rings. The monoisotopic (exact) mass is 356 g/mol. The number of hydrogen-bond acceptors (Lipinski definition) is 2. The lowest BCUT2D eigenvalue weighted by Gasteiger charge is -2.26. The summed E-state index contributed by atoms with van der Waals surface area (Å²) in [5, 5.41) is 0. The summed E-state index contributed by atoms with van der Waals surface area (Å²) in [5.74, 6) is -1.47. The van der Waals surface area contributed by atoms with E-state index in [-0.39, 0.29) is 23.5 Å². The van der Waals surface area contributed by atoms with Crippen molar-refractivity contribution in [3.63, 3.8) is 0 Å². The van der Waals surface area contributed by atoms with Crippen molar-refractivity contribution in [2.75, 3.05) is 6.54 Å². The number of fused-ring (bicyclic) bond motifs is 1. The smallest absolute Gasteiger partial charge is 0.370 e. The van der Waals surface area contributed by atoms with Crippen LogP contribution in [0.25, 0.3) is 0 Å². The van der Waals surface area contributed by atoms with E-state index in [2.05, 4.69) is 4.99 Å². The summed E-state index contributed by atoms with van der Waals surface area (Å²) in [5.41, 5.74) is 9.79.